The van der Waals surface area contributed by atoms with Crippen molar-refractivity contribution in [2.75, 3.05) is 6.54 Å². The van der Waals surface area contributed by atoms with Gasteiger partial charge < -0.3 is 9.84 Å². The largest absolute Gasteiger partial charge is 0.337 e. The fraction of sp³-hybridized carbons (Fsp3) is 0.429. The van der Waals surface area contributed by atoms with Crippen LogP contribution in [0.1, 0.15) is 38.0 Å². The Morgan fingerprint density at radius 3 is 2.65 bits per heavy atom. The predicted molar refractivity (Wildman–Crippen MR) is 80.3 cm³/mol. The maximum Gasteiger partial charge on any atom is 0.246 e. The van der Waals surface area contributed by atoms with E-state index < -0.39 is 0 Å². The van der Waals surface area contributed by atoms with E-state index in [0.29, 0.717) is 28.2 Å². The molecule has 1 aromatic carbocycles. The van der Waals surface area contributed by atoms with Crippen LogP contribution in [0.15, 0.2) is 22.7 Å². The van der Waals surface area contributed by atoms with Crippen molar-refractivity contribution in [2.45, 2.75) is 32.7 Å². The van der Waals surface area contributed by atoms with E-state index in [0.717, 1.165) is 12.1 Å². The molecule has 0 radical (unpaired) electrons. The van der Waals surface area contributed by atoms with Crippen LogP contribution in [0.5, 0.6) is 0 Å². The van der Waals surface area contributed by atoms with E-state index in [4.69, 9.17) is 27.7 Å². The van der Waals surface area contributed by atoms with Gasteiger partial charge in [-0.3, -0.25) is 0 Å². The molecule has 4 nitrogen and oxygen atoms in total. The van der Waals surface area contributed by atoms with Gasteiger partial charge >= 0.3 is 0 Å². The standard InChI is InChI=1S/C14H17Cl2N3O/c1-4-17-14(2,3)13-18-12(19-20-13)8-9-5-6-10(15)11(16)7-9/h5-7,17H,4,8H2,1-3H3. The average Bonchev–Trinajstić information content (AvgIpc) is 2.83. The molecule has 0 unspecified atom stereocenters. The van der Waals surface area contributed by atoms with Gasteiger partial charge in [-0.15, -0.1) is 0 Å². The van der Waals surface area contributed by atoms with Gasteiger partial charge in [0.2, 0.25) is 5.89 Å². The summed E-state index contributed by atoms with van der Waals surface area (Å²) in [6.07, 6.45) is 0.558. The molecule has 0 spiro atoms. The fourth-order valence-electron chi connectivity index (χ4n) is 1.93. The van der Waals surface area contributed by atoms with Gasteiger partial charge in [0, 0.05) is 6.42 Å². The monoisotopic (exact) mass is 313 g/mol. The zero-order valence-electron chi connectivity index (χ0n) is 11.7. The molecule has 0 amide bonds. The van der Waals surface area contributed by atoms with Crippen LogP contribution in [0, 0.1) is 0 Å². The van der Waals surface area contributed by atoms with Crippen LogP contribution in [0.3, 0.4) is 0 Å². The van der Waals surface area contributed by atoms with Gasteiger partial charge in [-0.2, -0.15) is 4.98 Å². The molecule has 0 bridgehead atoms. The highest BCUT2D eigenvalue weighted by Gasteiger charge is 2.26. The van der Waals surface area contributed by atoms with Crippen molar-refractivity contribution in [2.24, 2.45) is 0 Å². The summed E-state index contributed by atoms with van der Waals surface area (Å²) in [5, 5.41) is 8.37. The van der Waals surface area contributed by atoms with Crippen LogP contribution in [-0.2, 0) is 12.0 Å². The lowest BCUT2D eigenvalue weighted by atomic mass is 10.1. The number of nitrogens with zero attached hydrogens (tertiary/aromatic N) is 2. The molecule has 1 N–H and O–H groups in total. The summed E-state index contributed by atoms with van der Waals surface area (Å²) in [5.74, 6) is 1.21. The van der Waals surface area contributed by atoms with E-state index in [1.807, 2.05) is 32.9 Å². The number of halogens is 2. The van der Waals surface area contributed by atoms with Crippen LogP contribution in [-0.4, -0.2) is 16.7 Å². The summed E-state index contributed by atoms with van der Waals surface area (Å²) in [5.41, 5.74) is 0.658. The summed E-state index contributed by atoms with van der Waals surface area (Å²) in [7, 11) is 0. The first-order valence-corrected chi connectivity index (χ1v) is 7.20. The van der Waals surface area contributed by atoms with Crippen molar-refractivity contribution >= 4 is 23.2 Å². The highest BCUT2D eigenvalue weighted by atomic mass is 35.5. The molecule has 0 saturated carbocycles. The highest BCUT2D eigenvalue weighted by molar-refractivity contribution is 6.42. The summed E-state index contributed by atoms with van der Waals surface area (Å²) in [4.78, 5) is 4.43. The third kappa shape index (κ3) is 3.51. The molecule has 0 aliphatic carbocycles. The SMILES string of the molecule is CCNC(C)(C)c1nc(Cc2ccc(Cl)c(Cl)c2)no1. The average molecular weight is 314 g/mol. The van der Waals surface area contributed by atoms with Crippen molar-refractivity contribution < 1.29 is 4.52 Å². The van der Waals surface area contributed by atoms with E-state index in [1.54, 1.807) is 6.07 Å². The molecular weight excluding hydrogens is 297 g/mol. The van der Waals surface area contributed by atoms with Crippen molar-refractivity contribution in [1.82, 2.24) is 15.5 Å². The minimum atomic E-state index is -0.336. The van der Waals surface area contributed by atoms with Crippen LogP contribution in [0.25, 0.3) is 0 Å². The van der Waals surface area contributed by atoms with E-state index in [1.165, 1.54) is 0 Å². The zero-order valence-corrected chi connectivity index (χ0v) is 13.2. The quantitative estimate of drug-likeness (QED) is 0.912. The fourth-order valence-corrected chi connectivity index (χ4v) is 2.25. The first-order valence-electron chi connectivity index (χ1n) is 6.44. The Hall–Kier alpha value is -1.10. The lowest BCUT2D eigenvalue weighted by Gasteiger charge is -2.20. The molecule has 2 rings (SSSR count). The highest BCUT2D eigenvalue weighted by Crippen LogP contribution is 2.24. The van der Waals surface area contributed by atoms with Gasteiger partial charge in [-0.25, -0.2) is 0 Å². The Bertz CT molecular complexity index is 596. The smallest absolute Gasteiger partial charge is 0.246 e. The van der Waals surface area contributed by atoms with Crippen molar-refractivity contribution in [3.8, 4) is 0 Å². The van der Waals surface area contributed by atoms with Gasteiger partial charge in [0.1, 0.15) is 0 Å². The number of hydrogen-bond donors (Lipinski definition) is 1. The van der Waals surface area contributed by atoms with Crippen LogP contribution in [0.2, 0.25) is 10.0 Å². The van der Waals surface area contributed by atoms with Gasteiger partial charge in [-0.05, 0) is 38.1 Å². The molecular formula is C14H17Cl2N3O. The normalized spacial score (nSPS) is 11.8. The Labute approximate surface area is 128 Å². The maximum absolute atomic E-state index is 5.99. The van der Waals surface area contributed by atoms with Crippen molar-refractivity contribution in [3.63, 3.8) is 0 Å². The minimum absolute atomic E-state index is 0.336. The molecule has 0 fully saturated rings. The van der Waals surface area contributed by atoms with Gasteiger partial charge in [0.05, 0.1) is 15.6 Å². The van der Waals surface area contributed by atoms with E-state index in [-0.39, 0.29) is 5.54 Å². The minimum Gasteiger partial charge on any atom is -0.337 e. The van der Waals surface area contributed by atoms with Gasteiger partial charge in [-0.1, -0.05) is 41.3 Å². The number of benzene rings is 1. The molecule has 20 heavy (non-hydrogen) atoms. The van der Waals surface area contributed by atoms with Gasteiger partial charge in [0.15, 0.2) is 5.82 Å². The second-order valence-electron chi connectivity index (χ2n) is 5.10. The maximum atomic E-state index is 5.99. The second kappa shape index (κ2) is 6.12. The zero-order chi connectivity index (χ0) is 14.8. The summed E-state index contributed by atoms with van der Waals surface area (Å²) < 4.78 is 5.33. The number of nitrogens with one attached hydrogen (secondary N) is 1. The summed E-state index contributed by atoms with van der Waals surface area (Å²) in [6, 6.07) is 5.48. The molecule has 1 aromatic heterocycles. The lowest BCUT2D eigenvalue weighted by molar-refractivity contribution is 0.271. The molecule has 0 saturated heterocycles. The third-order valence-electron chi connectivity index (χ3n) is 2.97. The topological polar surface area (TPSA) is 51.0 Å². The molecule has 1 heterocycles. The van der Waals surface area contributed by atoms with E-state index >= 15 is 0 Å². The van der Waals surface area contributed by atoms with Crippen molar-refractivity contribution in [3.05, 3.63) is 45.5 Å². The van der Waals surface area contributed by atoms with E-state index in [2.05, 4.69) is 15.5 Å². The van der Waals surface area contributed by atoms with Crippen LogP contribution < -0.4 is 5.32 Å². The van der Waals surface area contributed by atoms with Gasteiger partial charge in [0.25, 0.3) is 0 Å². The lowest BCUT2D eigenvalue weighted by Crippen LogP contribution is -2.36. The van der Waals surface area contributed by atoms with Crippen LogP contribution in [0.4, 0.5) is 0 Å². The molecule has 6 heteroatoms. The van der Waals surface area contributed by atoms with Crippen LogP contribution >= 0.6 is 23.2 Å². The number of rotatable bonds is 5. The first kappa shape index (κ1) is 15.3. The Morgan fingerprint density at radius 2 is 2.00 bits per heavy atom. The molecule has 108 valence electrons. The molecule has 2 aromatic rings. The van der Waals surface area contributed by atoms with Crippen molar-refractivity contribution in [1.29, 1.82) is 0 Å². The second-order valence-corrected chi connectivity index (χ2v) is 5.91. The first-order chi connectivity index (χ1) is 9.42. The summed E-state index contributed by atoms with van der Waals surface area (Å²) in [6.45, 7) is 6.88. The molecule has 0 aliphatic heterocycles. The Morgan fingerprint density at radius 1 is 1.25 bits per heavy atom. The third-order valence-corrected chi connectivity index (χ3v) is 3.71. The number of aromatic nitrogens is 2. The number of hydrogen-bond acceptors (Lipinski definition) is 4. The summed E-state index contributed by atoms with van der Waals surface area (Å²) >= 11 is 11.9. The molecule has 0 aliphatic rings. The molecule has 0 atom stereocenters. The Balaban J connectivity index is 2.15. The van der Waals surface area contributed by atoms with E-state index in [9.17, 15) is 0 Å². The predicted octanol–water partition coefficient (Wildman–Crippen LogP) is 3.81. The Kier molecular flexibility index (Phi) is 4.68.